The Morgan fingerprint density at radius 3 is 2.39 bits per heavy atom. The fourth-order valence-electron chi connectivity index (χ4n) is 3.60. The second-order valence-electron chi connectivity index (χ2n) is 7.66. The van der Waals surface area contributed by atoms with Crippen LogP contribution in [0.15, 0.2) is 48.5 Å². The highest BCUT2D eigenvalue weighted by atomic mass is 16.2. The number of aryl methyl sites for hydroxylation is 2. The Hall–Kier alpha value is -3.39. The van der Waals surface area contributed by atoms with Crippen molar-refractivity contribution in [3.05, 3.63) is 65.2 Å². The van der Waals surface area contributed by atoms with Crippen molar-refractivity contribution in [2.24, 2.45) is 5.73 Å². The number of anilines is 1. The molecule has 0 bridgehead atoms. The molecule has 1 fully saturated rings. The average Bonchev–Trinajstić information content (AvgIpc) is 2.78. The molecular weight excluding hydrogens is 394 g/mol. The van der Waals surface area contributed by atoms with E-state index in [2.05, 4.69) is 10.6 Å². The highest BCUT2D eigenvalue weighted by molar-refractivity contribution is 6.00. The van der Waals surface area contributed by atoms with Gasteiger partial charge in [0.2, 0.25) is 0 Å². The number of carbonyl (C=O) groups is 3. The fourth-order valence-corrected chi connectivity index (χ4v) is 3.60. The van der Waals surface area contributed by atoms with Crippen LogP contribution in [-0.4, -0.2) is 60.0 Å². The zero-order valence-electron chi connectivity index (χ0n) is 17.9. The van der Waals surface area contributed by atoms with Crippen molar-refractivity contribution < 1.29 is 14.4 Å². The molecule has 0 aromatic heterocycles. The van der Waals surface area contributed by atoms with Gasteiger partial charge in [0.25, 0.3) is 11.8 Å². The van der Waals surface area contributed by atoms with E-state index in [9.17, 15) is 14.4 Å². The van der Waals surface area contributed by atoms with Gasteiger partial charge in [0, 0.05) is 37.4 Å². The van der Waals surface area contributed by atoms with Crippen molar-refractivity contribution in [1.29, 1.82) is 0 Å². The molecule has 4 N–H and O–H groups in total. The Balaban J connectivity index is 1.87. The van der Waals surface area contributed by atoms with Gasteiger partial charge in [-0.15, -0.1) is 0 Å². The van der Waals surface area contributed by atoms with Gasteiger partial charge >= 0.3 is 6.03 Å². The quantitative estimate of drug-likeness (QED) is 0.684. The Kier molecular flexibility index (Phi) is 7.25. The van der Waals surface area contributed by atoms with Gasteiger partial charge in [-0.1, -0.05) is 35.4 Å². The van der Waals surface area contributed by atoms with Crippen LogP contribution in [-0.2, 0) is 4.79 Å². The number of urea groups is 1. The molecule has 164 valence electrons. The molecule has 2 aromatic carbocycles. The Morgan fingerprint density at radius 1 is 1.00 bits per heavy atom. The first-order valence-electron chi connectivity index (χ1n) is 10.4. The maximum Gasteiger partial charge on any atom is 0.323 e. The fraction of sp³-hybridized carbons (Fsp3) is 0.348. The SMILES string of the molecule is Cc1ccc(NC(=O)N2CCCN(C(=O)c3cccc(C)c3)C2C(=O)NCCN)cc1. The number of carbonyl (C=O) groups excluding carboxylic acids is 3. The Morgan fingerprint density at radius 2 is 1.71 bits per heavy atom. The van der Waals surface area contributed by atoms with E-state index in [1.807, 2.05) is 32.0 Å². The molecule has 0 saturated carbocycles. The predicted molar refractivity (Wildman–Crippen MR) is 120 cm³/mol. The molecule has 2 aromatic rings. The summed E-state index contributed by atoms with van der Waals surface area (Å²) in [6, 6.07) is 14.2. The lowest BCUT2D eigenvalue weighted by Crippen LogP contribution is -2.64. The third-order valence-corrected chi connectivity index (χ3v) is 5.16. The molecule has 31 heavy (non-hydrogen) atoms. The van der Waals surface area contributed by atoms with Crippen LogP contribution in [0.4, 0.5) is 10.5 Å². The third kappa shape index (κ3) is 5.40. The van der Waals surface area contributed by atoms with Crippen molar-refractivity contribution in [3.8, 4) is 0 Å². The van der Waals surface area contributed by atoms with Gasteiger partial charge in [0.15, 0.2) is 6.17 Å². The summed E-state index contributed by atoms with van der Waals surface area (Å²) in [7, 11) is 0. The summed E-state index contributed by atoms with van der Waals surface area (Å²) >= 11 is 0. The minimum Gasteiger partial charge on any atom is -0.351 e. The molecule has 8 heteroatoms. The van der Waals surface area contributed by atoms with Crippen molar-refractivity contribution in [1.82, 2.24) is 15.1 Å². The predicted octanol–water partition coefficient (Wildman–Crippen LogP) is 2.08. The van der Waals surface area contributed by atoms with Crippen molar-refractivity contribution >= 4 is 23.5 Å². The molecule has 1 aliphatic rings. The van der Waals surface area contributed by atoms with E-state index in [1.165, 1.54) is 9.80 Å². The van der Waals surface area contributed by atoms with Gasteiger partial charge in [-0.25, -0.2) is 4.79 Å². The Bertz CT molecular complexity index is 944. The zero-order chi connectivity index (χ0) is 22.4. The summed E-state index contributed by atoms with van der Waals surface area (Å²) in [5, 5.41) is 5.56. The van der Waals surface area contributed by atoms with Gasteiger partial charge in [-0.05, 0) is 44.5 Å². The number of benzene rings is 2. The van der Waals surface area contributed by atoms with E-state index >= 15 is 0 Å². The summed E-state index contributed by atoms with van der Waals surface area (Å²) in [5.41, 5.74) is 8.66. The first-order valence-corrected chi connectivity index (χ1v) is 10.4. The number of nitrogens with two attached hydrogens (primary N) is 1. The minimum atomic E-state index is -1.06. The smallest absolute Gasteiger partial charge is 0.323 e. The molecule has 3 rings (SSSR count). The van der Waals surface area contributed by atoms with E-state index < -0.39 is 18.1 Å². The number of nitrogens with one attached hydrogen (secondary N) is 2. The van der Waals surface area contributed by atoms with Crippen LogP contribution in [0.2, 0.25) is 0 Å². The standard InChI is InChI=1S/C23H29N5O3/c1-16-7-9-19(10-8-16)26-23(31)28-14-4-13-27(21(28)20(29)25-12-11-24)22(30)18-6-3-5-17(2)15-18/h3,5-10,15,21H,4,11-14,24H2,1-2H3,(H,25,29)(H,26,31). The van der Waals surface area contributed by atoms with Gasteiger partial charge < -0.3 is 21.3 Å². The van der Waals surface area contributed by atoms with E-state index in [-0.39, 0.29) is 19.0 Å². The molecule has 1 aliphatic heterocycles. The molecule has 1 heterocycles. The second-order valence-corrected chi connectivity index (χ2v) is 7.66. The van der Waals surface area contributed by atoms with E-state index in [0.717, 1.165) is 11.1 Å². The van der Waals surface area contributed by atoms with Crippen LogP contribution < -0.4 is 16.4 Å². The van der Waals surface area contributed by atoms with Crippen LogP contribution in [0.5, 0.6) is 0 Å². The lowest BCUT2D eigenvalue weighted by Gasteiger charge is -2.42. The number of hydrogen-bond acceptors (Lipinski definition) is 4. The van der Waals surface area contributed by atoms with Gasteiger partial charge in [-0.2, -0.15) is 0 Å². The normalized spacial score (nSPS) is 16.0. The summed E-state index contributed by atoms with van der Waals surface area (Å²) < 4.78 is 0. The first-order chi connectivity index (χ1) is 14.9. The summed E-state index contributed by atoms with van der Waals surface area (Å²) in [6.07, 6.45) is -0.488. The lowest BCUT2D eigenvalue weighted by atomic mass is 10.1. The van der Waals surface area contributed by atoms with Crippen molar-refractivity contribution in [2.75, 3.05) is 31.5 Å². The minimum absolute atomic E-state index is 0.259. The number of rotatable bonds is 5. The second kappa shape index (κ2) is 10.1. The van der Waals surface area contributed by atoms with Crippen molar-refractivity contribution in [2.45, 2.75) is 26.4 Å². The maximum absolute atomic E-state index is 13.3. The average molecular weight is 424 g/mol. The monoisotopic (exact) mass is 423 g/mol. The number of hydrogen-bond donors (Lipinski definition) is 3. The van der Waals surface area contributed by atoms with E-state index in [4.69, 9.17) is 5.73 Å². The maximum atomic E-state index is 13.3. The van der Waals surface area contributed by atoms with Crippen LogP contribution in [0.1, 0.15) is 27.9 Å². The van der Waals surface area contributed by atoms with Gasteiger partial charge in [0.1, 0.15) is 0 Å². The van der Waals surface area contributed by atoms with Gasteiger partial charge in [-0.3, -0.25) is 14.5 Å². The molecule has 1 saturated heterocycles. The summed E-state index contributed by atoms with van der Waals surface area (Å²) in [4.78, 5) is 42.2. The molecular formula is C23H29N5O3. The van der Waals surface area contributed by atoms with Crippen molar-refractivity contribution in [3.63, 3.8) is 0 Å². The van der Waals surface area contributed by atoms with Crippen LogP contribution >= 0.6 is 0 Å². The third-order valence-electron chi connectivity index (χ3n) is 5.16. The Labute approximate surface area is 182 Å². The zero-order valence-corrected chi connectivity index (χ0v) is 17.9. The highest BCUT2D eigenvalue weighted by Gasteiger charge is 2.40. The topological polar surface area (TPSA) is 108 Å². The summed E-state index contributed by atoms with van der Waals surface area (Å²) in [6.45, 7) is 5.12. The molecule has 8 nitrogen and oxygen atoms in total. The molecule has 0 spiro atoms. The molecule has 0 aliphatic carbocycles. The molecule has 1 unspecified atom stereocenters. The van der Waals surface area contributed by atoms with Crippen LogP contribution in [0, 0.1) is 13.8 Å². The number of nitrogens with zero attached hydrogens (tertiary/aromatic N) is 2. The largest absolute Gasteiger partial charge is 0.351 e. The number of amides is 4. The van der Waals surface area contributed by atoms with E-state index in [1.54, 1.807) is 30.3 Å². The highest BCUT2D eigenvalue weighted by Crippen LogP contribution is 2.20. The lowest BCUT2D eigenvalue weighted by molar-refractivity contribution is -0.132. The molecule has 0 radical (unpaired) electrons. The first kappa shape index (κ1) is 22.3. The van der Waals surface area contributed by atoms with Crippen LogP contribution in [0.3, 0.4) is 0 Å². The molecule has 1 atom stereocenters. The van der Waals surface area contributed by atoms with E-state index in [0.29, 0.717) is 30.8 Å². The summed E-state index contributed by atoms with van der Waals surface area (Å²) in [5.74, 6) is -0.713. The molecule has 4 amide bonds. The van der Waals surface area contributed by atoms with Crippen LogP contribution in [0.25, 0.3) is 0 Å². The van der Waals surface area contributed by atoms with Gasteiger partial charge in [0.05, 0.1) is 0 Å².